The number of rotatable bonds is 5. The van der Waals surface area contributed by atoms with Crippen molar-refractivity contribution in [2.75, 3.05) is 19.7 Å². The summed E-state index contributed by atoms with van der Waals surface area (Å²) in [6.07, 6.45) is 0. The van der Waals surface area contributed by atoms with Crippen LogP contribution in [0.5, 0.6) is 5.75 Å². The number of fused-ring (bicyclic) bond motifs is 3. The average Bonchev–Trinajstić information content (AvgIpc) is 2.79. The van der Waals surface area contributed by atoms with Gasteiger partial charge in [0, 0.05) is 12.1 Å². The minimum atomic E-state index is 0.0645. The van der Waals surface area contributed by atoms with Gasteiger partial charge in [-0.15, -0.1) is 0 Å². The predicted octanol–water partition coefficient (Wildman–Crippen LogP) is 2.89. The van der Waals surface area contributed by atoms with Crippen LogP contribution in [0.4, 0.5) is 0 Å². The fourth-order valence-electron chi connectivity index (χ4n) is 2.57. The quantitative estimate of drug-likeness (QED) is 0.722. The molecule has 102 valence electrons. The van der Waals surface area contributed by atoms with Crippen molar-refractivity contribution in [2.45, 2.75) is 6.92 Å². The first-order valence-electron chi connectivity index (χ1n) is 6.93. The summed E-state index contributed by atoms with van der Waals surface area (Å²) in [5, 5.41) is 3.20. The third-order valence-electron chi connectivity index (χ3n) is 3.50. The number of hydrogen-bond acceptors (Lipinski definition) is 3. The van der Waals surface area contributed by atoms with Gasteiger partial charge in [0.05, 0.1) is 5.56 Å². The SMILES string of the molecule is CCNCCOc1cccc2c1C(=O)c1ccccc1-2. The van der Waals surface area contributed by atoms with E-state index >= 15 is 0 Å². The molecule has 0 heterocycles. The van der Waals surface area contributed by atoms with E-state index in [1.807, 2.05) is 42.5 Å². The molecular weight excluding hydrogens is 250 g/mol. The van der Waals surface area contributed by atoms with Crippen molar-refractivity contribution in [3.8, 4) is 16.9 Å². The fourth-order valence-corrected chi connectivity index (χ4v) is 2.57. The van der Waals surface area contributed by atoms with Gasteiger partial charge >= 0.3 is 0 Å². The van der Waals surface area contributed by atoms with Crippen LogP contribution in [0.1, 0.15) is 22.8 Å². The molecule has 3 rings (SSSR count). The molecule has 0 saturated heterocycles. The van der Waals surface area contributed by atoms with Gasteiger partial charge in [-0.2, -0.15) is 0 Å². The highest BCUT2D eigenvalue weighted by Crippen LogP contribution is 2.40. The van der Waals surface area contributed by atoms with E-state index in [2.05, 4.69) is 12.2 Å². The summed E-state index contributed by atoms with van der Waals surface area (Å²) in [6.45, 7) is 4.32. The van der Waals surface area contributed by atoms with Crippen molar-refractivity contribution in [1.29, 1.82) is 0 Å². The minimum Gasteiger partial charge on any atom is -0.491 e. The van der Waals surface area contributed by atoms with E-state index in [-0.39, 0.29) is 5.78 Å². The van der Waals surface area contributed by atoms with Gasteiger partial charge in [-0.1, -0.05) is 43.3 Å². The maximum atomic E-state index is 12.5. The molecule has 0 radical (unpaired) electrons. The highest BCUT2D eigenvalue weighted by atomic mass is 16.5. The van der Waals surface area contributed by atoms with Gasteiger partial charge in [0.25, 0.3) is 0 Å². The number of hydrogen-bond donors (Lipinski definition) is 1. The van der Waals surface area contributed by atoms with Gasteiger partial charge in [-0.3, -0.25) is 4.79 Å². The zero-order valence-corrected chi connectivity index (χ0v) is 11.5. The topological polar surface area (TPSA) is 38.3 Å². The Morgan fingerprint density at radius 3 is 2.55 bits per heavy atom. The second-order valence-electron chi connectivity index (χ2n) is 4.76. The summed E-state index contributed by atoms with van der Waals surface area (Å²) < 4.78 is 5.77. The van der Waals surface area contributed by atoms with Crippen molar-refractivity contribution in [1.82, 2.24) is 5.32 Å². The standard InChI is InChI=1S/C17H17NO2/c1-2-18-10-11-20-15-9-5-8-13-12-6-3-4-7-14(12)17(19)16(13)15/h3-9,18H,2,10-11H2,1H3. The molecule has 2 aromatic carbocycles. The smallest absolute Gasteiger partial charge is 0.198 e. The van der Waals surface area contributed by atoms with E-state index < -0.39 is 0 Å². The molecule has 0 saturated carbocycles. The molecule has 1 aliphatic carbocycles. The number of benzene rings is 2. The Hall–Kier alpha value is -2.13. The molecule has 20 heavy (non-hydrogen) atoms. The van der Waals surface area contributed by atoms with Crippen LogP contribution < -0.4 is 10.1 Å². The van der Waals surface area contributed by atoms with Gasteiger partial charge in [0.15, 0.2) is 5.78 Å². The maximum absolute atomic E-state index is 12.5. The Balaban J connectivity index is 1.92. The zero-order valence-electron chi connectivity index (χ0n) is 11.5. The Bertz CT molecular complexity index is 649. The number of likely N-dealkylation sites (N-methyl/N-ethyl adjacent to an activating group) is 1. The fraction of sp³-hybridized carbons (Fsp3) is 0.235. The molecule has 0 aliphatic heterocycles. The lowest BCUT2D eigenvalue weighted by molar-refractivity contribution is 0.104. The summed E-state index contributed by atoms with van der Waals surface area (Å²) in [7, 11) is 0. The molecule has 3 heteroatoms. The summed E-state index contributed by atoms with van der Waals surface area (Å²) >= 11 is 0. The van der Waals surface area contributed by atoms with Crippen molar-refractivity contribution < 1.29 is 9.53 Å². The molecule has 0 aromatic heterocycles. The molecule has 0 spiro atoms. The molecule has 0 amide bonds. The van der Waals surface area contributed by atoms with E-state index in [1.54, 1.807) is 0 Å². The van der Waals surface area contributed by atoms with Gasteiger partial charge < -0.3 is 10.1 Å². The second-order valence-corrected chi connectivity index (χ2v) is 4.76. The van der Waals surface area contributed by atoms with Crippen molar-refractivity contribution in [3.05, 3.63) is 53.6 Å². The molecular formula is C17H17NO2. The van der Waals surface area contributed by atoms with Crippen molar-refractivity contribution in [3.63, 3.8) is 0 Å². The third kappa shape index (κ3) is 2.10. The normalized spacial score (nSPS) is 12.2. The van der Waals surface area contributed by atoms with Crippen LogP contribution in [0.15, 0.2) is 42.5 Å². The van der Waals surface area contributed by atoms with Crippen LogP contribution in [0.2, 0.25) is 0 Å². The molecule has 0 bridgehead atoms. The first-order chi connectivity index (χ1) is 9.83. The van der Waals surface area contributed by atoms with Crippen LogP contribution in [0.3, 0.4) is 0 Å². The number of carbonyl (C=O) groups excluding carboxylic acids is 1. The van der Waals surface area contributed by atoms with E-state index in [0.29, 0.717) is 17.9 Å². The lowest BCUT2D eigenvalue weighted by Gasteiger charge is -2.10. The van der Waals surface area contributed by atoms with Crippen molar-refractivity contribution in [2.24, 2.45) is 0 Å². The molecule has 0 atom stereocenters. The van der Waals surface area contributed by atoms with Crippen LogP contribution in [-0.2, 0) is 0 Å². The monoisotopic (exact) mass is 267 g/mol. The van der Waals surface area contributed by atoms with Crippen LogP contribution in [0.25, 0.3) is 11.1 Å². The van der Waals surface area contributed by atoms with Crippen LogP contribution in [-0.4, -0.2) is 25.5 Å². The number of ketones is 1. The summed E-state index contributed by atoms with van der Waals surface area (Å²) in [4.78, 5) is 12.5. The highest BCUT2D eigenvalue weighted by molar-refractivity contribution is 6.23. The Morgan fingerprint density at radius 2 is 1.75 bits per heavy atom. The molecule has 1 N–H and O–H groups in total. The number of nitrogens with one attached hydrogen (secondary N) is 1. The van der Waals surface area contributed by atoms with Gasteiger partial charge in [-0.05, 0) is 23.7 Å². The van der Waals surface area contributed by atoms with E-state index in [4.69, 9.17) is 4.74 Å². The summed E-state index contributed by atoms with van der Waals surface area (Å²) in [5.74, 6) is 0.747. The summed E-state index contributed by atoms with van der Waals surface area (Å²) in [6, 6.07) is 13.5. The maximum Gasteiger partial charge on any atom is 0.198 e. The van der Waals surface area contributed by atoms with Gasteiger partial charge in [-0.25, -0.2) is 0 Å². The Morgan fingerprint density at radius 1 is 1.00 bits per heavy atom. The largest absolute Gasteiger partial charge is 0.491 e. The van der Waals surface area contributed by atoms with Gasteiger partial charge in [0.2, 0.25) is 0 Å². The minimum absolute atomic E-state index is 0.0645. The molecule has 2 aromatic rings. The first-order valence-corrected chi connectivity index (χ1v) is 6.93. The van der Waals surface area contributed by atoms with E-state index in [9.17, 15) is 4.79 Å². The lowest BCUT2D eigenvalue weighted by Crippen LogP contribution is -2.20. The zero-order chi connectivity index (χ0) is 13.9. The number of ether oxygens (including phenoxy) is 1. The van der Waals surface area contributed by atoms with E-state index in [1.165, 1.54) is 0 Å². The molecule has 3 nitrogen and oxygen atoms in total. The van der Waals surface area contributed by atoms with Crippen LogP contribution >= 0.6 is 0 Å². The Labute approximate surface area is 118 Å². The lowest BCUT2D eigenvalue weighted by atomic mass is 10.1. The number of carbonyl (C=O) groups is 1. The third-order valence-corrected chi connectivity index (χ3v) is 3.50. The highest BCUT2D eigenvalue weighted by Gasteiger charge is 2.29. The second kappa shape index (κ2) is 5.47. The van der Waals surface area contributed by atoms with E-state index in [0.717, 1.165) is 29.8 Å². The molecule has 1 aliphatic rings. The average molecular weight is 267 g/mol. The van der Waals surface area contributed by atoms with Crippen molar-refractivity contribution >= 4 is 5.78 Å². The summed E-state index contributed by atoms with van der Waals surface area (Å²) in [5.41, 5.74) is 3.45. The predicted molar refractivity (Wildman–Crippen MR) is 79.3 cm³/mol. The van der Waals surface area contributed by atoms with Crippen LogP contribution in [0, 0.1) is 0 Å². The molecule has 0 unspecified atom stereocenters. The van der Waals surface area contributed by atoms with Gasteiger partial charge in [0.1, 0.15) is 12.4 Å². The Kier molecular flexibility index (Phi) is 3.52. The first kappa shape index (κ1) is 12.9. The molecule has 0 fully saturated rings.